The summed E-state index contributed by atoms with van der Waals surface area (Å²) < 4.78 is 0. The predicted octanol–water partition coefficient (Wildman–Crippen LogP) is 5.49. The molecule has 0 atom stereocenters. The molecule has 4 rings (SSSR count). The van der Waals surface area contributed by atoms with Crippen LogP contribution in [0.4, 0.5) is 11.4 Å². The van der Waals surface area contributed by atoms with E-state index in [1.54, 1.807) is 17.0 Å². The lowest BCUT2D eigenvalue weighted by Crippen LogP contribution is -2.35. The molecule has 3 aromatic carbocycles. The Labute approximate surface area is 175 Å². The number of hydrogen-bond donors (Lipinski definition) is 1. The maximum Gasteiger partial charge on any atom is 0.258 e. The van der Waals surface area contributed by atoms with E-state index in [-0.39, 0.29) is 11.8 Å². The maximum atomic E-state index is 12.9. The molecule has 0 radical (unpaired) electrons. The average molecular weight is 405 g/mol. The van der Waals surface area contributed by atoms with E-state index in [9.17, 15) is 9.59 Å². The Morgan fingerprint density at radius 1 is 0.966 bits per heavy atom. The van der Waals surface area contributed by atoms with Gasteiger partial charge in [0.1, 0.15) is 0 Å². The first-order valence-corrected chi connectivity index (χ1v) is 9.98. The number of carbonyl (C=O) groups excluding carboxylic acids is 2. The Balaban J connectivity index is 1.57. The van der Waals surface area contributed by atoms with Gasteiger partial charge in [0.25, 0.3) is 11.8 Å². The van der Waals surface area contributed by atoms with Gasteiger partial charge in [-0.05, 0) is 73.4 Å². The van der Waals surface area contributed by atoms with Crippen molar-refractivity contribution in [2.24, 2.45) is 0 Å². The number of fused-ring (bicyclic) bond motifs is 1. The third-order valence-corrected chi connectivity index (χ3v) is 5.56. The summed E-state index contributed by atoms with van der Waals surface area (Å²) in [4.78, 5) is 27.4. The lowest BCUT2D eigenvalue weighted by atomic mass is 9.98. The smallest absolute Gasteiger partial charge is 0.258 e. The van der Waals surface area contributed by atoms with Gasteiger partial charge in [-0.15, -0.1) is 0 Å². The van der Waals surface area contributed by atoms with Crippen LogP contribution in [0.2, 0.25) is 5.02 Å². The molecule has 146 valence electrons. The van der Waals surface area contributed by atoms with Gasteiger partial charge in [0.2, 0.25) is 0 Å². The summed E-state index contributed by atoms with van der Waals surface area (Å²) in [5.74, 6) is -0.211. The van der Waals surface area contributed by atoms with Crippen LogP contribution < -0.4 is 10.2 Å². The lowest BCUT2D eigenvalue weighted by molar-refractivity contribution is 0.0984. The molecule has 1 aliphatic heterocycles. The second-order valence-electron chi connectivity index (χ2n) is 7.19. The summed E-state index contributed by atoms with van der Waals surface area (Å²) in [5, 5.41) is 3.50. The van der Waals surface area contributed by atoms with Crippen LogP contribution in [-0.4, -0.2) is 18.4 Å². The standard InChI is InChI=1S/C24H21ClN2O2/c1-16-9-11-20(15-21(16)25)26-23(28)19-10-12-22-18(14-19)8-5-13-27(22)24(29)17-6-3-2-4-7-17/h2-4,6-7,9-12,14-15H,5,8,13H2,1H3,(H,26,28). The number of amides is 2. The third-order valence-electron chi connectivity index (χ3n) is 5.16. The number of carbonyl (C=O) groups is 2. The SMILES string of the molecule is Cc1ccc(NC(=O)c2ccc3c(c2)CCCN3C(=O)c2ccccc2)cc1Cl. The van der Waals surface area contributed by atoms with Gasteiger partial charge in [-0.25, -0.2) is 0 Å². The number of anilines is 2. The molecule has 1 aliphatic rings. The van der Waals surface area contributed by atoms with Crippen molar-refractivity contribution in [2.75, 3.05) is 16.8 Å². The molecule has 0 bridgehead atoms. The second-order valence-corrected chi connectivity index (χ2v) is 7.60. The summed E-state index contributed by atoms with van der Waals surface area (Å²) in [6.07, 6.45) is 1.70. The van der Waals surface area contributed by atoms with Crippen LogP contribution in [0, 0.1) is 6.92 Å². The number of benzene rings is 3. The van der Waals surface area contributed by atoms with Crippen LogP contribution in [0.1, 0.15) is 38.3 Å². The van der Waals surface area contributed by atoms with Crippen molar-refractivity contribution < 1.29 is 9.59 Å². The highest BCUT2D eigenvalue weighted by Gasteiger charge is 2.24. The zero-order valence-corrected chi connectivity index (χ0v) is 16.9. The molecule has 0 aliphatic carbocycles. The van der Waals surface area contributed by atoms with Crippen LogP contribution in [0.5, 0.6) is 0 Å². The first kappa shape index (κ1) is 19.2. The molecule has 4 nitrogen and oxygen atoms in total. The summed E-state index contributed by atoms with van der Waals surface area (Å²) in [6.45, 7) is 2.59. The van der Waals surface area contributed by atoms with Crippen molar-refractivity contribution in [3.8, 4) is 0 Å². The monoisotopic (exact) mass is 404 g/mol. The van der Waals surface area contributed by atoms with Crippen molar-refractivity contribution in [3.63, 3.8) is 0 Å². The Bertz CT molecular complexity index is 1080. The highest BCUT2D eigenvalue weighted by molar-refractivity contribution is 6.31. The van der Waals surface area contributed by atoms with Gasteiger partial charge < -0.3 is 10.2 Å². The Morgan fingerprint density at radius 3 is 2.52 bits per heavy atom. The molecule has 3 aromatic rings. The minimum atomic E-state index is -0.195. The molecule has 1 heterocycles. The minimum absolute atomic E-state index is 0.0157. The molecule has 0 aromatic heterocycles. The van der Waals surface area contributed by atoms with Crippen LogP contribution in [0.15, 0.2) is 66.7 Å². The normalized spacial score (nSPS) is 13.0. The van der Waals surface area contributed by atoms with E-state index in [1.807, 2.05) is 61.5 Å². The molecular weight excluding hydrogens is 384 g/mol. The highest BCUT2D eigenvalue weighted by atomic mass is 35.5. The fourth-order valence-electron chi connectivity index (χ4n) is 3.56. The molecule has 0 unspecified atom stereocenters. The van der Waals surface area contributed by atoms with Crippen LogP contribution in [0.3, 0.4) is 0 Å². The van der Waals surface area contributed by atoms with Gasteiger partial charge in [-0.3, -0.25) is 9.59 Å². The van der Waals surface area contributed by atoms with Crippen molar-refractivity contribution in [1.29, 1.82) is 0 Å². The summed E-state index contributed by atoms with van der Waals surface area (Å²) in [7, 11) is 0. The fraction of sp³-hybridized carbons (Fsp3) is 0.167. The van der Waals surface area contributed by atoms with Gasteiger partial charge in [0.05, 0.1) is 0 Å². The topological polar surface area (TPSA) is 49.4 Å². The Kier molecular flexibility index (Phi) is 5.36. The number of nitrogens with zero attached hydrogens (tertiary/aromatic N) is 1. The number of hydrogen-bond acceptors (Lipinski definition) is 2. The second kappa shape index (κ2) is 8.10. The van der Waals surface area contributed by atoms with E-state index in [2.05, 4.69) is 5.32 Å². The van der Waals surface area contributed by atoms with E-state index < -0.39 is 0 Å². The van der Waals surface area contributed by atoms with Gasteiger partial charge in [-0.2, -0.15) is 0 Å². The Morgan fingerprint density at radius 2 is 1.76 bits per heavy atom. The molecular formula is C24H21ClN2O2. The van der Waals surface area contributed by atoms with E-state index in [4.69, 9.17) is 11.6 Å². The molecule has 0 fully saturated rings. The highest BCUT2D eigenvalue weighted by Crippen LogP contribution is 2.30. The third kappa shape index (κ3) is 4.03. The molecule has 0 saturated heterocycles. The zero-order valence-electron chi connectivity index (χ0n) is 16.1. The number of nitrogens with one attached hydrogen (secondary N) is 1. The first-order valence-electron chi connectivity index (χ1n) is 9.60. The molecule has 2 amide bonds. The van der Waals surface area contributed by atoms with Crippen molar-refractivity contribution in [3.05, 3.63) is 94.0 Å². The first-order chi connectivity index (χ1) is 14.0. The van der Waals surface area contributed by atoms with Gasteiger partial charge in [0.15, 0.2) is 0 Å². The number of rotatable bonds is 3. The largest absolute Gasteiger partial charge is 0.322 e. The fourth-order valence-corrected chi connectivity index (χ4v) is 3.74. The van der Waals surface area contributed by atoms with Crippen molar-refractivity contribution >= 4 is 34.8 Å². The maximum absolute atomic E-state index is 12.9. The van der Waals surface area contributed by atoms with Crippen LogP contribution in [-0.2, 0) is 6.42 Å². The quantitative estimate of drug-likeness (QED) is 0.627. The average Bonchev–Trinajstić information content (AvgIpc) is 2.75. The van der Waals surface area contributed by atoms with Crippen LogP contribution in [0.25, 0.3) is 0 Å². The molecule has 5 heteroatoms. The molecule has 29 heavy (non-hydrogen) atoms. The van der Waals surface area contributed by atoms with Gasteiger partial charge >= 0.3 is 0 Å². The van der Waals surface area contributed by atoms with Crippen LogP contribution >= 0.6 is 11.6 Å². The molecule has 0 spiro atoms. The van der Waals surface area contributed by atoms with E-state index in [0.29, 0.717) is 28.4 Å². The van der Waals surface area contributed by atoms with E-state index in [0.717, 1.165) is 29.7 Å². The molecule has 0 saturated carbocycles. The predicted molar refractivity (Wildman–Crippen MR) is 117 cm³/mol. The van der Waals surface area contributed by atoms with Crippen molar-refractivity contribution in [1.82, 2.24) is 0 Å². The van der Waals surface area contributed by atoms with Gasteiger partial charge in [0, 0.05) is 34.1 Å². The number of aryl methyl sites for hydroxylation is 2. The van der Waals surface area contributed by atoms with Gasteiger partial charge in [-0.1, -0.05) is 35.9 Å². The molecule has 1 N–H and O–H groups in total. The van der Waals surface area contributed by atoms with E-state index >= 15 is 0 Å². The summed E-state index contributed by atoms with van der Waals surface area (Å²) in [5.41, 5.74) is 4.73. The van der Waals surface area contributed by atoms with Crippen molar-refractivity contribution in [2.45, 2.75) is 19.8 Å². The summed E-state index contributed by atoms with van der Waals surface area (Å²) >= 11 is 6.15. The minimum Gasteiger partial charge on any atom is -0.322 e. The zero-order chi connectivity index (χ0) is 20.4. The summed E-state index contributed by atoms with van der Waals surface area (Å²) in [6, 6.07) is 20.2. The number of halogens is 1. The van der Waals surface area contributed by atoms with E-state index in [1.165, 1.54) is 0 Å². The lowest BCUT2D eigenvalue weighted by Gasteiger charge is -2.30. The Hall–Kier alpha value is -3.11.